The van der Waals surface area contributed by atoms with Gasteiger partial charge in [0.1, 0.15) is 18.8 Å². The molecule has 0 fully saturated rings. The van der Waals surface area contributed by atoms with Crippen LogP contribution in [0, 0.1) is 0 Å². The molecule has 0 unspecified atom stereocenters. The Balaban J connectivity index is 2.13. The van der Waals surface area contributed by atoms with E-state index in [1.54, 1.807) is 24.3 Å². The predicted molar refractivity (Wildman–Crippen MR) is 124 cm³/mol. The van der Waals surface area contributed by atoms with Crippen LogP contribution < -0.4 is 0 Å². The molecule has 13 heteroatoms. The zero-order valence-corrected chi connectivity index (χ0v) is 20.4. The minimum atomic E-state index is -6.08. The van der Waals surface area contributed by atoms with E-state index in [0.717, 1.165) is 6.92 Å². The van der Waals surface area contributed by atoms with E-state index in [-0.39, 0.29) is 17.7 Å². The molecule has 2 aromatic carbocycles. The molecule has 3 atom stereocenters. The van der Waals surface area contributed by atoms with Crippen molar-refractivity contribution in [1.82, 2.24) is 0 Å². The van der Waals surface area contributed by atoms with Crippen molar-refractivity contribution in [3.05, 3.63) is 84.4 Å². The second-order valence-corrected chi connectivity index (χ2v) is 8.92. The van der Waals surface area contributed by atoms with Gasteiger partial charge in [0, 0.05) is 0 Å². The van der Waals surface area contributed by atoms with Crippen LogP contribution in [0.3, 0.4) is 0 Å². The van der Waals surface area contributed by atoms with E-state index in [1.165, 1.54) is 42.5 Å². The Morgan fingerprint density at radius 1 is 0.919 bits per heavy atom. The van der Waals surface area contributed by atoms with Gasteiger partial charge >= 0.3 is 27.6 Å². The fourth-order valence-electron chi connectivity index (χ4n) is 2.67. The normalized spacial score (nSPS) is 14.3. The maximum absolute atomic E-state index is 13.0. The van der Waals surface area contributed by atoms with Gasteiger partial charge in [-0.1, -0.05) is 42.5 Å². The average Bonchev–Trinajstić information content (AvgIpc) is 2.87. The molecule has 0 aliphatic carbocycles. The lowest BCUT2D eigenvalue weighted by atomic mass is 10.2. The summed E-state index contributed by atoms with van der Waals surface area (Å²) in [5, 5.41) is 0. The molecule has 37 heavy (non-hydrogen) atoms. The van der Waals surface area contributed by atoms with E-state index in [9.17, 15) is 31.2 Å². The van der Waals surface area contributed by atoms with Gasteiger partial charge in [-0.25, -0.2) is 9.59 Å². The lowest BCUT2D eigenvalue weighted by Gasteiger charge is -2.26. The number of benzene rings is 2. The fourth-order valence-corrected chi connectivity index (χ4v) is 3.32. The zero-order valence-electron chi connectivity index (χ0n) is 19.6. The zero-order chi connectivity index (χ0) is 27.5. The van der Waals surface area contributed by atoms with Crippen LogP contribution in [0.15, 0.2) is 73.3 Å². The third kappa shape index (κ3) is 9.61. The standard InChI is InChI=1S/C24H25F3O9S/c1-3-14-32-21(16-34-22(28)18-10-6-4-7-11-18)33-15-20(36-37(30,31)24(25,26)27)17(2)35-23(29)19-12-8-5-9-13-19/h3-13,17,20-21H,1,14-16H2,2H3/t17-,20-,21-/m1/s1. The maximum Gasteiger partial charge on any atom is 0.523 e. The van der Waals surface area contributed by atoms with Crippen molar-refractivity contribution in [3.63, 3.8) is 0 Å². The molecule has 202 valence electrons. The minimum Gasteiger partial charge on any atom is -0.457 e. The number of alkyl halides is 3. The van der Waals surface area contributed by atoms with Gasteiger partial charge in [-0.3, -0.25) is 4.18 Å². The Morgan fingerprint density at radius 2 is 1.46 bits per heavy atom. The van der Waals surface area contributed by atoms with Crippen LogP contribution in [0.2, 0.25) is 0 Å². The van der Waals surface area contributed by atoms with Gasteiger partial charge in [0.2, 0.25) is 0 Å². The molecule has 0 bridgehead atoms. The van der Waals surface area contributed by atoms with Crippen molar-refractivity contribution in [2.45, 2.75) is 30.9 Å². The highest BCUT2D eigenvalue weighted by Crippen LogP contribution is 2.27. The van der Waals surface area contributed by atoms with E-state index < -0.39 is 59.3 Å². The lowest BCUT2D eigenvalue weighted by Crippen LogP contribution is -2.41. The number of hydrogen-bond acceptors (Lipinski definition) is 9. The van der Waals surface area contributed by atoms with Gasteiger partial charge in [0.25, 0.3) is 0 Å². The summed E-state index contributed by atoms with van der Waals surface area (Å²) in [5.74, 6) is -1.66. The molecule has 2 aromatic rings. The monoisotopic (exact) mass is 546 g/mol. The molecule has 9 nitrogen and oxygen atoms in total. The molecule has 0 N–H and O–H groups in total. The van der Waals surface area contributed by atoms with Crippen LogP contribution in [-0.2, 0) is 33.2 Å². The van der Waals surface area contributed by atoms with E-state index in [0.29, 0.717) is 0 Å². The molecule has 0 aliphatic heterocycles. The summed E-state index contributed by atoms with van der Waals surface area (Å²) in [5.41, 5.74) is -5.44. The van der Waals surface area contributed by atoms with Crippen LogP contribution in [0.5, 0.6) is 0 Å². The van der Waals surface area contributed by atoms with Gasteiger partial charge in [-0.05, 0) is 31.2 Å². The first-order valence-electron chi connectivity index (χ1n) is 10.8. The SMILES string of the molecule is C=CCO[C@@H](COC(=O)c1ccccc1)OC[C@@H](OS(=O)(=O)C(F)(F)F)[C@@H](C)OC(=O)c1ccccc1. The molecular weight excluding hydrogens is 521 g/mol. The molecule has 2 rings (SSSR count). The van der Waals surface area contributed by atoms with E-state index in [2.05, 4.69) is 10.8 Å². The first-order chi connectivity index (χ1) is 17.4. The van der Waals surface area contributed by atoms with Crippen molar-refractivity contribution in [3.8, 4) is 0 Å². The number of esters is 2. The third-order valence-electron chi connectivity index (χ3n) is 4.57. The highest BCUT2D eigenvalue weighted by Gasteiger charge is 2.49. The van der Waals surface area contributed by atoms with E-state index >= 15 is 0 Å². The van der Waals surface area contributed by atoms with Crippen molar-refractivity contribution in [1.29, 1.82) is 0 Å². The molecule has 0 aromatic heterocycles. The largest absolute Gasteiger partial charge is 0.523 e. The van der Waals surface area contributed by atoms with Gasteiger partial charge in [-0.2, -0.15) is 21.6 Å². The Labute approximate surface area is 211 Å². The fraction of sp³-hybridized carbons (Fsp3) is 0.333. The van der Waals surface area contributed by atoms with E-state index in [1.807, 2.05) is 0 Å². The van der Waals surface area contributed by atoms with Crippen LogP contribution in [0.25, 0.3) is 0 Å². The van der Waals surface area contributed by atoms with Crippen LogP contribution in [0.4, 0.5) is 13.2 Å². The van der Waals surface area contributed by atoms with Gasteiger partial charge in [-0.15, -0.1) is 6.58 Å². The number of halogens is 3. The van der Waals surface area contributed by atoms with Gasteiger partial charge < -0.3 is 18.9 Å². The topological polar surface area (TPSA) is 114 Å². The average molecular weight is 547 g/mol. The van der Waals surface area contributed by atoms with Crippen molar-refractivity contribution in [2.75, 3.05) is 19.8 Å². The second-order valence-electron chi connectivity index (χ2n) is 7.36. The quantitative estimate of drug-likeness (QED) is 0.115. The third-order valence-corrected chi connectivity index (χ3v) is 5.63. The Bertz CT molecular complexity index is 1120. The maximum atomic E-state index is 13.0. The summed E-state index contributed by atoms with van der Waals surface area (Å²) in [7, 11) is -6.08. The number of hydrogen-bond donors (Lipinski definition) is 0. The molecule has 0 spiro atoms. The Morgan fingerprint density at radius 3 is 1.97 bits per heavy atom. The highest BCUT2D eigenvalue weighted by atomic mass is 32.2. The molecule has 0 radical (unpaired) electrons. The highest BCUT2D eigenvalue weighted by molar-refractivity contribution is 7.87. The molecular formula is C24H25F3O9S. The first-order valence-corrected chi connectivity index (χ1v) is 12.2. The molecule has 0 heterocycles. The van der Waals surface area contributed by atoms with Crippen LogP contribution in [0.1, 0.15) is 27.6 Å². The molecule has 0 amide bonds. The summed E-state index contributed by atoms with van der Waals surface area (Å²) < 4.78 is 87.4. The second kappa shape index (κ2) is 13.9. The smallest absolute Gasteiger partial charge is 0.457 e. The minimum absolute atomic E-state index is 0.0766. The van der Waals surface area contributed by atoms with E-state index in [4.69, 9.17) is 18.9 Å². The molecule has 0 saturated carbocycles. The lowest BCUT2D eigenvalue weighted by molar-refractivity contribution is -0.175. The van der Waals surface area contributed by atoms with Crippen molar-refractivity contribution >= 4 is 22.1 Å². The summed E-state index contributed by atoms with van der Waals surface area (Å²) in [6.07, 6.45) is -3.46. The Kier molecular flexibility index (Phi) is 11.2. The summed E-state index contributed by atoms with van der Waals surface area (Å²) in [6, 6.07) is 15.4. The van der Waals surface area contributed by atoms with Gasteiger partial charge in [0.15, 0.2) is 6.29 Å². The summed E-state index contributed by atoms with van der Waals surface area (Å²) in [6.45, 7) is 3.15. The number of rotatable bonds is 14. The van der Waals surface area contributed by atoms with Crippen molar-refractivity contribution < 1.29 is 54.3 Å². The predicted octanol–water partition coefficient (Wildman–Crippen LogP) is 3.87. The van der Waals surface area contributed by atoms with Crippen molar-refractivity contribution in [2.24, 2.45) is 0 Å². The van der Waals surface area contributed by atoms with Gasteiger partial charge in [0.05, 0.1) is 24.3 Å². The Hall–Kier alpha value is -3.26. The first kappa shape index (κ1) is 30.0. The number of carbonyl (C=O) groups excluding carboxylic acids is 2. The number of carbonyl (C=O) groups is 2. The number of ether oxygens (including phenoxy) is 4. The van der Waals surface area contributed by atoms with Crippen LogP contribution >= 0.6 is 0 Å². The summed E-state index contributed by atoms with van der Waals surface area (Å²) in [4.78, 5) is 24.5. The molecule has 0 saturated heterocycles. The summed E-state index contributed by atoms with van der Waals surface area (Å²) >= 11 is 0. The van der Waals surface area contributed by atoms with Crippen LogP contribution in [-0.4, -0.2) is 64.2 Å². The molecule has 0 aliphatic rings.